The Balaban J connectivity index is 1.70. The van der Waals surface area contributed by atoms with E-state index in [0.717, 1.165) is 25.4 Å². The minimum Gasteiger partial charge on any atom is -0.492 e. The fourth-order valence-corrected chi connectivity index (χ4v) is 3.92. The van der Waals surface area contributed by atoms with Gasteiger partial charge in [-0.25, -0.2) is 8.42 Å². The molecule has 1 aromatic rings. The van der Waals surface area contributed by atoms with Crippen LogP contribution >= 0.6 is 0 Å². The zero-order valence-corrected chi connectivity index (χ0v) is 13.4. The smallest absolute Gasteiger partial charge is 0.214 e. The summed E-state index contributed by atoms with van der Waals surface area (Å²) in [5.74, 6) is 1.13. The predicted molar refractivity (Wildman–Crippen MR) is 84.0 cm³/mol. The number of hydrogen-bond acceptors (Lipinski definition) is 4. The van der Waals surface area contributed by atoms with Crippen molar-refractivity contribution in [1.82, 2.24) is 9.21 Å². The number of sulfonamides is 1. The highest BCUT2D eigenvalue weighted by atomic mass is 32.2. The molecule has 1 aliphatic heterocycles. The molecule has 0 unspecified atom stereocenters. The molecule has 0 radical (unpaired) electrons. The van der Waals surface area contributed by atoms with Gasteiger partial charge in [-0.1, -0.05) is 25.1 Å². The van der Waals surface area contributed by atoms with Gasteiger partial charge in [-0.15, -0.1) is 0 Å². The summed E-state index contributed by atoms with van der Waals surface area (Å²) < 4.78 is 31.2. The van der Waals surface area contributed by atoms with Crippen LogP contribution in [0.3, 0.4) is 0 Å². The van der Waals surface area contributed by atoms with Crippen LogP contribution < -0.4 is 4.74 Å². The molecule has 1 fully saturated rings. The summed E-state index contributed by atoms with van der Waals surface area (Å²) in [6.45, 7) is 6.10. The lowest BCUT2D eigenvalue weighted by molar-refractivity contribution is 0.159. The first kappa shape index (κ1) is 16.3. The molecule has 1 aliphatic rings. The van der Waals surface area contributed by atoms with Crippen LogP contribution in [0.15, 0.2) is 30.3 Å². The van der Waals surface area contributed by atoms with Gasteiger partial charge in [-0.3, -0.25) is 4.90 Å². The topological polar surface area (TPSA) is 49.9 Å². The van der Waals surface area contributed by atoms with Crippen molar-refractivity contribution in [3.63, 3.8) is 0 Å². The lowest BCUT2D eigenvalue weighted by Gasteiger charge is -2.33. The summed E-state index contributed by atoms with van der Waals surface area (Å²) in [4.78, 5) is 2.25. The zero-order chi connectivity index (χ0) is 15.1. The maximum atomic E-state index is 12.0. The van der Waals surface area contributed by atoms with Gasteiger partial charge in [-0.2, -0.15) is 4.31 Å². The van der Waals surface area contributed by atoms with E-state index in [1.54, 1.807) is 4.31 Å². The molecule has 1 aromatic carbocycles. The number of nitrogens with zero attached hydrogens (tertiary/aromatic N) is 2. The molecule has 0 N–H and O–H groups in total. The first-order chi connectivity index (χ1) is 10.1. The largest absolute Gasteiger partial charge is 0.492 e. The van der Waals surface area contributed by atoms with E-state index in [0.29, 0.717) is 26.1 Å². The lowest BCUT2D eigenvalue weighted by atomic mass is 10.3. The van der Waals surface area contributed by atoms with E-state index in [2.05, 4.69) is 4.90 Å². The van der Waals surface area contributed by atoms with Crippen molar-refractivity contribution in [2.24, 2.45) is 0 Å². The van der Waals surface area contributed by atoms with Crippen molar-refractivity contribution in [1.29, 1.82) is 0 Å². The van der Waals surface area contributed by atoms with Crippen LogP contribution in [0, 0.1) is 0 Å². The van der Waals surface area contributed by atoms with E-state index in [4.69, 9.17) is 4.74 Å². The molecule has 6 heteroatoms. The van der Waals surface area contributed by atoms with E-state index < -0.39 is 10.0 Å². The first-order valence-electron chi connectivity index (χ1n) is 7.50. The Kier molecular flexibility index (Phi) is 6.02. The van der Waals surface area contributed by atoms with E-state index in [1.165, 1.54) is 0 Å². The highest BCUT2D eigenvalue weighted by Crippen LogP contribution is 2.10. The Morgan fingerprint density at radius 3 is 2.38 bits per heavy atom. The van der Waals surface area contributed by atoms with Crippen LogP contribution in [0.5, 0.6) is 5.75 Å². The Hall–Kier alpha value is -1.11. The maximum Gasteiger partial charge on any atom is 0.214 e. The maximum absolute atomic E-state index is 12.0. The Labute approximate surface area is 127 Å². The molecule has 1 saturated heterocycles. The van der Waals surface area contributed by atoms with Crippen molar-refractivity contribution >= 4 is 10.0 Å². The van der Waals surface area contributed by atoms with Gasteiger partial charge < -0.3 is 4.74 Å². The minimum atomic E-state index is -3.04. The number of hydrogen-bond donors (Lipinski definition) is 0. The van der Waals surface area contributed by atoms with Crippen LogP contribution in [0.1, 0.15) is 13.3 Å². The van der Waals surface area contributed by atoms with E-state index >= 15 is 0 Å². The van der Waals surface area contributed by atoms with Gasteiger partial charge in [0.05, 0.1) is 5.75 Å². The fourth-order valence-electron chi connectivity index (χ4n) is 2.43. The molecule has 0 saturated carbocycles. The molecule has 2 rings (SSSR count). The summed E-state index contributed by atoms with van der Waals surface area (Å²) in [7, 11) is -3.04. The average Bonchev–Trinajstić information content (AvgIpc) is 2.49. The van der Waals surface area contributed by atoms with Crippen LogP contribution in [0.25, 0.3) is 0 Å². The molecular weight excluding hydrogens is 288 g/mol. The van der Waals surface area contributed by atoms with Gasteiger partial charge in [0.15, 0.2) is 0 Å². The highest BCUT2D eigenvalue weighted by Gasteiger charge is 2.25. The van der Waals surface area contributed by atoms with Crippen LogP contribution in [-0.4, -0.2) is 62.7 Å². The lowest BCUT2D eigenvalue weighted by Crippen LogP contribution is -2.50. The summed E-state index contributed by atoms with van der Waals surface area (Å²) in [5, 5.41) is 0. The van der Waals surface area contributed by atoms with Gasteiger partial charge in [0.2, 0.25) is 10.0 Å². The number of para-hydroxylation sites is 1. The minimum absolute atomic E-state index is 0.254. The molecule has 0 aliphatic carbocycles. The van der Waals surface area contributed by atoms with E-state index in [1.807, 2.05) is 37.3 Å². The molecular formula is C15H24N2O3S. The Bertz CT molecular complexity index is 511. The molecule has 1 heterocycles. The van der Waals surface area contributed by atoms with Crippen LogP contribution in [0.2, 0.25) is 0 Å². The average molecular weight is 312 g/mol. The molecule has 0 bridgehead atoms. The number of rotatable bonds is 7. The second-order valence-corrected chi connectivity index (χ2v) is 7.31. The van der Waals surface area contributed by atoms with Crippen molar-refractivity contribution in [3.8, 4) is 5.75 Å². The number of piperazine rings is 1. The molecule has 21 heavy (non-hydrogen) atoms. The molecule has 0 spiro atoms. The summed E-state index contributed by atoms with van der Waals surface area (Å²) in [5.41, 5.74) is 0. The van der Waals surface area contributed by atoms with Crippen molar-refractivity contribution < 1.29 is 13.2 Å². The van der Waals surface area contributed by atoms with Gasteiger partial charge in [0, 0.05) is 32.7 Å². The van der Waals surface area contributed by atoms with Gasteiger partial charge in [0.25, 0.3) is 0 Å². The third kappa shape index (κ3) is 4.98. The van der Waals surface area contributed by atoms with Crippen LogP contribution in [0.4, 0.5) is 0 Å². The molecule has 0 aromatic heterocycles. The Morgan fingerprint density at radius 1 is 1.10 bits per heavy atom. The molecule has 118 valence electrons. The van der Waals surface area contributed by atoms with Crippen molar-refractivity contribution in [2.75, 3.05) is 45.1 Å². The quantitative estimate of drug-likeness (QED) is 0.764. The van der Waals surface area contributed by atoms with Crippen molar-refractivity contribution in [3.05, 3.63) is 30.3 Å². The Morgan fingerprint density at radius 2 is 1.76 bits per heavy atom. The monoisotopic (exact) mass is 312 g/mol. The fraction of sp³-hybridized carbons (Fsp3) is 0.600. The summed E-state index contributed by atoms with van der Waals surface area (Å²) in [6, 6.07) is 9.74. The number of ether oxygens (including phenoxy) is 1. The molecule has 0 amide bonds. The normalized spacial score (nSPS) is 17.8. The van der Waals surface area contributed by atoms with Crippen LogP contribution in [-0.2, 0) is 10.0 Å². The SMILES string of the molecule is CCCS(=O)(=O)N1CCN(CCOc2ccccc2)CC1. The predicted octanol–water partition coefficient (Wildman–Crippen LogP) is 1.42. The van der Waals surface area contributed by atoms with Gasteiger partial charge in [0.1, 0.15) is 12.4 Å². The zero-order valence-electron chi connectivity index (χ0n) is 12.6. The van der Waals surface area contributed by atoms with E-state index in [9.17, 15) is 8.42 Å². The third-order valence-electron chi connectivity index (χ3n) is 3.61. The standard InChI is InChI=1S/C15H24N2O3S/c1-2-14-21(18,19)17-10-8-16(9-11-17)12-13-20-15-6-4-3-5-7-15/h3-7H,2,8-14H2,1H3. The first-order valence-corrected chi connectivity index (χ1v) is 9.11. The van der Waals surface area contributed by atoms with E-state index in [-0.39, 0.29) is 5.75 Å². The van der Waals surface area contributed by atoms with Crippen molar-refractivity contribution in [2.45, 2.75) is 13.3 Å². The van der Waals surface area contributed by atoms with Gasteiger partial charge in [-0.05, 0) is 18.6 Å². The summed E-state index contributed by atoms with van der Waals surface area (Å²) >= 11 is 0. The molecule has 5 nitrogen and oxygen atoms in total. The summed E-state index contributed by atoms with van der Waals surface area (Å²) in [6.07, 6.45) is 0.674. The third-order valence-corrected chi connectivity index (χ3v) is 5.68. The van der Waals surface area contributed by atoms with Gasteiger partial charge >= 0.3 is 0 Å². The highest BCUT2D eigenvalue weighted by molar-refractivity contribution is 7.89. The number of benzene rings is 1. The molecule has 0 atom stereocenters. The second-order valence-electron chi connectivity index (χ2n) is 5.22. The second kappa shape index (κ2) is 7.77.